The van der Waals surface area contributed by atoms with E-state index in [0.717, 1.165) is 48.9 Å². The van der Waals surface area contributed by atoms with Crippen LogP contribution in [0.3, 0.4) is 0 Å². The quantitative estimate of drug-likeness (QED) is 0.689. The lowest BCUT2D eigenvalue weighted by Gasteiger charge is -2.34. The van der Waals surface area contributed by atoms with Gasteiger partial charge < -0.3 is 9.42 Å². The first-order valence-electron chi connectivity index (χ1n) is 9.68. The van der Waals surface area contributed by atoms with E-state index in [-0.39, 0.29) is 0 Å². The fourth-order valence-electron chi connectivity index (χ4n) is 3.99. The van der Waals surface area contributed by atoms with Gasteiger partial charge in [0.05, 0.1) is 5.69 Å². The highest BCUT2D eigenvalue weighted by atomic mass is 16.5. The summed E-state index contributed by atoms with van der Waals surface area (Å²) in [5, 5.41) is 5.00. The third-order valence-corrected chi connectivity index (χ3v) is 5.45. The first-order chi connectivity index (χ1) is 13.1. The van der Waals surface area contributed by atoms with Crippen molar-refractivity contribution < 1.29 is 4.52 Å². The summed E-state index contributed by atoms with van der Waals surface area (Å²) >= 11 is 0. The van der Waals surface area contributed by atoms with E-state index in [1.165, 1.54) is 18.4 Å². The Kier molecular flexibility index (Phi) is 5.07. The van der Waals surface area contributed by atoms with Crippen LogP contribution in [0.2, 0.25) is 0 Å². The predicted molar refractivity (Wildman–Crippen MR) is 107 cm³/mol. The number of piperidine rings is 1. The molecule has 0 N–H and O–H groups in total. The van der Waals surface area contributed by atoms with E-state index >= 15 is 0 Å². The number of hydrogen-bond acceptors (Lipinski definition) is 6. The molecule has 1 aromatic carbocycles. The number of fused-ring (bicyclic) bond motifs is 1. The first kappa shape index (κ1) is 17.9. The van der Waals surface area contributed by atoms with Crippen molar-refractivity contribution in [2.45, 2.75) is 33.2 Å². The molecule has 4 rings (SSSR count). The first-order valence-corrected chi connectivity index (χ1v) is 9.68. The minimum atomic E-state index is 0.583. The standard InChI is InChI=1S/C21H27N5O/c1-15-19-20(22-16(2)23-21(19)27-24-15)25(3)13-18-9-11-26(12-10-18)14-17-7-5-4-6-8-17/h4-8,18H,9-14H2,1-3H3. The van der Waals surface area contributed by atoms with Crippen molar-refractivity contribution in [2.24, 2.45) is 5.92 Å². The summed E-state index contributed by atoms with van der Waals surface area (Å²) < 4.78 is 5.35. The Bertz CT molecular complexity index is 900. The maximum absolute atomic E-state index is 5.35. The highest BCUT2D eigenvalue weighted by Crippen LogP contribution is 2.28. The van der Waals surface area contributed by atoms with Crippen molar-refractivity contribution >= 4 is 16.9 Å². The summed E-state index contributed by atoms with van der Waals surface area (Å²) in [7, 11) is 2.12. The van der Waals surface area contributed by atoms with Crippen LogP contribution in [0.5, 0.6) is 0 Å². The van der Waals surface area contributed by atoms with Crippen LogP contribution < -0.4 is 4.90 Å². The molecule has 1 aliphatic rings. The van der Waals surface area contributed by atoms with Gasteiger partial charge in [-0.2, -0.15) is 4.98 Å². The van der Waals surface area contributed by atoms with Crippen molar-refractivity contribution in [3.05, 3.63) is 47.4 Å². The average molecular weight is 365 g/mol. The van der Waals surface area contributed by atoms with E-state index in [2.05, 4.69) is 62.3 Å². The van der Waals surface area contributed by atoms with Crippen LogP contribution in [0.1, 0.15) is 29.9 Å². The number of likely N-dealkylation sites (tertiary alicyclic amines) is 1. The van der Waals surface area contributed by atoms with Gasteiger partial charge in [-0.15, -0.1) is 0 Å². The maximum atomic E-state index is 5.35. The van der Waals surface area contributed by atoms with Crippen molar-refractivity contribution in [3.63, 3.8) is 0 Å². The largest absolute Gasteiger partial charge is 0.359 e. The Morgan fingerprint density at radius 1 is 1.11 bits per heavy atom. The van der Waals surface area contributed by atoms with E-state index in [1.807, 2.05) is 13.8 Å². The van der Waals surface area contributed by atoms with E-state index in [4.69, 9.17) is 4.52 Å². The number of aryl methyl sites for hydroxylation is 2. The lowest BCUT2D eigenvalue weighted by molar-refractivity contribution is 0.179. The number of hydrogen-bond donors (Lipinski definition) is 0. The average Bonchev–Trinajstić information content (AvgIpc) is 3.04. The summed E-state index contributed by atoms with van der Waals surface area (Å²) in [6.07, 6.45) is 2.43. The molecule has 6 heteroatoms. The summed E-state index contributed by atoms with van der Waals surface area (Å²) in [6, 6.07) is 10.7. The molecular weight excluding hydrogens is 338 g/mol. The molecule has 1 fully saturated rings. The SMILES string of the molecule is Cc1nc(N(C)CC2CCN(Cc3ccccc3)CC2)c2c(C)noc2n1. The van der Waals surface area contributed by atoms with E-state index < -0.39 is 0 Å². The van der Waals surface area contributed by atoms with Crippen molar-refractivity contribution in [3.8, 4) is 0 Å². The second-order valence-electron chi connectivity index (χ2n) is 7.63. The molecule has 3 heterocycles. The molecule has 27 heavy (non-hydrogen) atoms. The summed E-state index contributed by atoms with van der Waals surface area (Å²) in [4.78, 5) is 13.8. The summed E-state index contributed by atoms with van der Waals surface area (Å²) in [6.45, 7) is 8.20. The monoisotopic (exact) mass is 365 g/mol. The molecule has 142 valence electrons. The van der Waals surface area contributed by atoms with E-state index in [0.29, 0.717) is 11.6 Å². The van der Waals surface area contributed by atoms with Crippen LogP contribution in [0, 0.1) is 19.8 Å². The minimum Gasteiger partial charge on any atom is -0.359 e. The van der Waals surface area contributed by atoms with Gasteiger partial charge in [0.1, 0.15) is 17.0 Å². The molecular formula is C21H27N5O. The topological polar surface area (TPSA) is 58.3 Å². The highest BCUT2D eigenvalue weighted by Gasteiger charge is 2.23. The number of rotatable bonds is 5. The normalized spacial score (nSPS) is 16.1. The lowest BCUT2D eigenvalue weighted by atomic mass is 9.96. The zero-order chi connectivity index (χ0) is 18.8. The molecule has 0 saturated carbocycles. The Balaban J connectivity index is 1.39. The lowest BCUT2D eigenvalue weighted by Crippen LogP contribution is -2.37. The van der Waals surface area contributed by atoms with E-state index in [9.17, 15) is 0 Å². The summed E-state index contributed by atoms with van der Waals surface area (Å²) in [5.41, 5.74) is 2.83. The second-order valence-corrected chi connectivity index (χ2v) is 7.63. The van der Waals surface area contributed by atoms with E-state index in [1.54, 1.807) is 0 Å². The van der Waals surface area contributed by atoms with Crippen LogP contribution >= 0.6 is 0 Å². The van der Waals surface area contributed by atoms with Gasteiger partial charge in [0.15, 0.2) is 0 Å². The van der Waals surface area contributed by atoms with Crippen LogP contribution in [0.15, 0.2) is 34.9 Å². The van der Waals surface area contributed by atoms with Gasteiger partial charge in [0.2, 0.25) is 0 Å². The van der Waals surface area contributed by atoms with Crippen LogP contribution in [-0.2, 0) is 6.54 Å². The maximum Gasteiger partial charge on any atom is 0.263 e. The van der Waals surface area contributed by atoms with Gasteiger partial charge >= 0.3 is 0 Å². The smallest absolute Gasteiger partial charge is 0.263 e. The molecule has 0 unspecified atom stereocenters. The Morgan fingerprint density at radius 3 is 2.59 bits per heavy atom. The molecule has 0 aliphatic carbocycles. The summed E-state index contributed by atoms with van der Waals surface area (Å²) in [5.74, 6) is 2.33. The van der Waals surface area contributed by atoms with Gasteiger partial charge in [0.25, 0.3) is 5.71 Å². The number of nitrogens with zero attached hydrogens (tertiary/aromatic N) is 5. The fourth-order valence-corrected chi connectivity index (χ4v) is 3.99. The van der Waals surface area contributed by atoms with Gasteiger partial charge in [-0.05, 0) is 51.3 Å². The van der Waals surface area contributed by atoms with Crippen LogP contribution in [-0.4, -0.2) is 46.7 Å². The van der Waals surface area contributed by atoms with Gasteiger partial charge in [-0.3, -0.25) is 4.90 Å². The van der Waals surface area contributed by atoms with Crippen LogP contribution in [0.25, 0.3) is 11.1 Å². The number of aromatic nitrogens is 3. The zero-order valence-electron chi connectivity index (χ0n) is 16.4. The fraction of sp³-hybridized carbons (Fsp3) is 0.476. The van der Waals surface area contributed by atoms with Crippen molar-refractivity contribution in [2.75, 3.05) is 31.6 Å². The minimum absolute atomic E-state index is 0.583. The molecule has 2 aromatic heterocycles. The molecule has 3 aromatic rings. The molecule has 0 spiro atoms. The van der Waals surface area contributed by atoms with Crippen molar-refractivity contribution in [1.29, 1.82) is 0 Å². The molecule has 1 saturated heterocycles. The molecule has 0 atom stereocenters. The number of anilines is 1. The zero-order valence-corrected chi connectivity index (χ0v) is 16.4. The molecule has 0 bridgehead atoms. The van der Waals surface area contributed by atoms with Crippen LogP contribution in [0.4, 0.5) is 5.82 Å². The molecule has 6 nitrogen and oxygen atoms in total. The van der Waals surface area contributed by atoms with Crippen molar-refractivity contribution in [1.82, 2.24) is 20.0 Å². The van der Waals surface area contributed by atoms with Gasteiger partial charge in [-0.1, -0.05) is 35.5 Å². The molecule has 0 amide bonds. The molecule has 0 radical (unpaired) electrons. The van der Waals surface area contributed by atoms with Gasteiger partial charge in [0, 0.05) is 20.1 Å². The Hall–Kier alpha value is -2.47. The number of benzene rings is 1. The van der Waals surface area contributed by atoms with Gasteiger partial charge in [-0.25, -0.2) is 4.98 Å². The Morgan fingerprint density at radius 2 is 1.85 bits per heavy atom. The highest BCUT2D eigenvalue weighted by molar-refractivity contribution is 5.88. The Labute approximate surface area is 160 Å². The molecule has 1 aliphatic heterocycles. The third-order valence-electron chi connectivity index (χ3n) is 5.45. The second kappa shape index (κ2) is 7.64. The third kappa shape index (κ3) is 3.95. The predicted octanol–water partition coefficient (Wildman–Crippen LogP) is 3.58.